The van der Waals surface area contributed by atoms with Crippen LogP contribution in [0.5, 0.6) is 5.75 Å². The molecular formula is C18H29ClO2. The second-order valence-electron chi connectivity index (χ2n) is 5.69. The molecule has 0 amide bonds. The molecule has 21 heavy (non-hydrogen) atoms. The van der Waals surface area contributed by atoms with Gasteiger partial charge in [0.05, 0.1) is 17.7 Å². The minimum atomic E-state index is -0.496. The van der Waals surface area contributed by atoms with Crippen LogP contribution in [0.25, 0.3) is 0 Å². The lowest BCUT2D eigenvalue weighted by molar-refractivity contribution is 0.199. The highest BCUT2D eigenvalue weighted by Crippen LogP contribution is 2.28. The van der Waals surface area contributed by atoms with Gasteiger partial charge in [0.25, 0.3) is 0 Å². The molecule has 0 aliphatic carbocycles. The van der Waals surface area contributed by atoms with Crippen LogP contribution in [0.2, 0.25) is 5.02 Å². The van der Waals surface area contributed by atoms with E-state index in [1.165, 1.54) is 44.9 Å². The molecule has 0 aliphatic heterocycles. The van der Waals surface area contributed by atoms with Crippen molar-refractivity contribution in [3.8, 4) is 5.75 Å². The summed E-state index contributed by atoms with van der Waals surface area (Å²) in [7, 11) is 0. The molecule has 0 aromatic heterocycles. The Morgan fingerprint density at radius 3 is 2.24 bits per heavy atom. The molecule has 0 fully saturated rings. The quantitative estimate of drug-likeness (QED) is 0.514. The van der Waals surface area contributed by atoms with Gasteiger partial charge in [0.15, 0.2) is 0 Å². The van der Waals surface area contributed by atoms with Gasteiger partial charge < -0.3 is 9.84 Å². The average molecular weight is 313 g/mol. The van der Waals surface area contributed by atoms with E-state index in [0.29, 0.717) is 17.4 Å². The van der Waals surface area contributed by atoms with E-state index in [0.717, 1.165) is 12.0 Å². The second kappa shape index (κ2) is 10.9. The molecule has 0 aliphatic rings. The van der Waals surface area contributed by atoms with Crippen molar-refractivity contribution in [2.45, 2.75) is 71.3 Å². The molecule has 0 heterocycles. The van der Waals surface area contributed by atoms with Crippen molar-refractivity contribution >= 4 is 11.6 Å². The zero-order chi connectivity index (χ0) is 15.5. The van der Waals surface area contributed by atoms with Crippen LogP contribution in [0.15, 0.2) is 18.2 Å². The number of benzene rings is 1. The molecule has 1 aromatic rings. The first-order chi connectivity index (χ1) is 10.1. The van der Waals surface area contributed by atoms with Crippen LogP contribution < -0.4 is 4.74 Å². The summed E-state index contributed by atoms with van der Waals surface area (Å²) in [5, 5.41) is 10.1. The summed E-state index contributed by atoms with van der Waals surface area (Å²) in [6, 6.07) is 5.48. The SMILES string of the molecule is CCCCCCCCCCOc1ccc([C@@H](C)O)cc1Cl. The van der Waals surface area contributed by atoms with E-state index >= 15 is 0 Å². The topological polar surface area (TPSA) is 29.5 Å². The summed E-state index contributed by atoms with van der Waals surface area (Å²) < 4.78 is 5.70. The summed E-state index contributed by atoms with van der Waals surface area (Å²) in [5.41, 5.74) is 0.819. The number of hydrogen-bond acceptors (Lipinski definition) is 2. The maximum Gasteiger partial charge on any atom is 0.137 e. The Morgan fingerprint density at radius 2 is 1.67 bits per heavy atom. The number of halogens is 1. The van der Waals surface area contributed by atoms with Gasteiger partial charge in [-0.15, -0.1) is 0 Å². The predicted octanol–water partition coefficient (Wildman–Crippen LogP) is 5.91. The first-order valence-corrected chi connectivity index (χ1v) is 8.63. The molecule has 120 valence electrons. The molecule has 1 aromatic carbocycles. The fourth-order valence-corrected chi connectivity index (χ4v) is 2.56. The monoisotopic (exact) mass is 312 g/mol. The molecule has 3 heteroatoms. The lowest BCUT2D eigenvalue weighted by atomic mass is 10.1. The van der Waals surface area contributed by atoms with Crippen molar-refractivity contribution in [3.05, 3.63) is 28.8 Å². The summed E-state index contributed by atoms with van der Waals surface area (Å²) in [5.74, 6) is 0.712. The van der Waals surface area contributed by atoms with Crippen LogP contribution in [0.1, 0.15) is 76.9 Å². The van der Waals surface area contributed by atoms with Gasteiger partial charge in [0.2, 0.25) is 0 Å². The second-order valence-corrected chi connectivity index (χ2v) is 6.10. The van der Waals surface area contributed by atoms with Gasteiger partial charge in [-0.05, 0) is 31.0 Å². The molecule has 2 nitrogen and oxygen atoms in total. The van der Waals surface area contributed by atoms with Crippen LogP contribution in [0.4, 0.5) is 0 Å². The highest BCUT2D eigenvalue weighted by Gasteiger charge is 2.06. The summed E-state index contributed by atoms with van der Waals surface area (Å²) in [6.07, 6.45) is 9.83. The van der Waals surface area contributed by atoms with E-state index in [1.54, 1.807) is 13.0 Å². The van der Waals surface area contributed by atoms with Crippen molar-refractivity contribution in [1.29, 1.82) is 0 Å². The summed E-state index contributed by atoms with van der Waals surface area (Å²) >= 11 is 6.15. The van der Waals surface area contributed by atoms with Crippen molar-refractivity contribution in [3.63, 3.8) is 0 Å². The highest BCUT2D eigenvalue weighted by molar-refractivity contribution is 6.32. The third-order valence-corrected chi connectivity index (χ3v) is 3.99. The molecule has 0 spiro atoms. The van der Waals surface area contributed by atoms with Crippen LogP contribution >= 0.6 is 11.6 Å². The Hall–Kier alpha value is -0.730. The third kappa shape index (κ3) is 7.73. The number of hydrogen-bond donors (Lipinski definition) is 1. The molecule has 1 N–H and O–H groups in total. The fourth-order valence-electron chi connectivity index (χ4n) is 2.31. The van der Waals surface area contributed by atoms with Gasteiger partial charge in [0, 0.05) is 0 Å². The minimum absolute atomic E-state index is 0.496. The van der Waals surface area contributed by atoms with E-state index in [-0.39, 0.29) is 0 Å². The van der Waals surface area contributed by atoms with Gasteiger partial charge in [-0.1, -0.05) is 69.5 Å². The van der Waals surface area contributed by atoms with E-state index in [1.807, 2.05) is 12.1 Å². The number of aliphatic hydroxyl groups is 1. The van der Waals surface area contributed by atoms with Crippen molar-refractivity contribution in [1.82, 2.24) is 0 Å². The maximum absolute atomic E-state index is 9.49. The smallest absolute Gasteiger partial charge is 0.137 e. The minimum Gasteiger partial charge on any atom is -0.492 e. The van der Waals surface area contributed by atoms with Gasteiger partial charge in [0.1, 0.15) is 5.75 Å². The van der Waals surface area contributed by atoms with Gasteiger partial charge in [-0.25, -0.2) is 0 Å². The highest BCUT2D eigenvalue weighted by atomic mass is 35.5. The Balaban J connectivity index is 2.13. The van der Waals surface area contributed by atoms with E-state index in [9.17, 15) is 5.11 Å². The predicted molar refractivity (Wildman–Crippen MR) is 90.2 cm³/mol. The summed E-state index contributed by atoms with van der Waals surface area (Å²) in [4.78, 5) is 0. The van der Waals surface area contributed by atoms with Gasteiger partial charge in [-0.2, -0.15) is 0 Å². The van der Waals surface area contributed by atoms with Crippen LogP contribution in [0, 0.1) is 0 Å². The zero-order valence-electron chi connectivity index (χ0n) is 13.4. The summed E-state index contributed by atoms with van der Waals surface area (Å²) in [6.45, 7) is 4.69. The molecule has 1 atom stereocenters. The normalized spacial score (nSPS) is 12.4. The zero-order valence-corrected chi connectivity index (χ0v) is 14.2. The average Bonchev–Trinajstić information content (AvgIpc) is 2.46. The number of ether oxygens (including phenoxy) is 1. The maximum atomic E-state index is 9.49. The molecule has 0 bridgehead atoms. The van der Waals surface area contributed by atoms with Crippen LogP contribution in [-0.2, 0) is 0 Å². The van der Waals surface area contributed by atoms with Gasteiger partial charge in [-0.3, -0.25) is 0 Å². The molecule has 0 radical (unpaired) electrons. The molecule has 0 unspecified atom stereocenters. The third-order valence-electron chi connectivity index (χ3n) is 3.69. The lowest BCUT2D eigenvalue weighted by Gasteiger charge is -2.10. The molecule has 1 rings (SSSR count). The van der Waals surface area contributed by atoms with Crippen LogP contribution in [-0.4, -0.2) is 11.7 Å². The molecule has 0 saturated heterocycles. The lowest BCUT2D eigenvalue weighted by Crippen LogP contribution is -1.99. The first-order valence-electron chi connectivity index (χ1n) is 8.25. The Morgan fingerprint density at radius 1 is 1.05 bits per heavy atom. The Kier molecular flexibility index (Phi) is 9.53. The first kappa shape index (κ1) is 18.3. The standard InChI is InChI=1S/C18H29ClO2/c1-3-4-5-6-7-8-9-10-13-21-18-12-11-16(15(2)20)14-17(18)19/h11-12,14-15,20H,3-10,13H2,1-2H3/t15-/m1/s1. The number of unbranched alkanes of at least 4 members (excludes halogenated alkanes) is 7. The fraction of sp³-hybridized carbons (Fsp3) is 0.667. The Labute approximate surface area is 134 Å². The molecular weight excluding hydrogens is 284 g/mol. The van der Waals surface area contributed by atoms with E-state index in [2.05, 4.69) is 6.92 Å². The largest absolute Gasteiger partial charge is 0.492 e. The van der Waals surface area contributed by atoms with Gasteiger partial charge >= 0.3 is 0 Å². The number of rotatable bonds is 11. The van der Waals surface area contributed by atoms with E-state index < -0.39 is 6.10 Å². The number of aliphatic hydroxyl groups excluding tert-OH is 1. The van der Waals surface area contributed by atoms with Crippen molar-refractivity contribution in [2.24, 2.45) is 0 Å². The van der Waals surface area contributed by atoms with Crippen molar-refractivity contribution in [2.75, 3.05) is 6.61 Å². The Bertz CT molecular complexity index is 391. The molecule has 0 saturated carbocycles. The van der Waals surface area contributed by atoms with Crippen molar-refractivity contribution < 1.29 is 9.84 Å². The van der Waals surface area contributed by atoms with E-state index in [4.69, 9.17) is 16.3 Å². The van der Waals surface area contributed by atoms with Crippen LogP contribution in [0.3, 0.4) is 0 Å².